The number of aryl methyl sites for hydroxylation is 1. The van der Waals surface area contributed by atoms with Crippen molar-refractivity contribution >= 4 is 11.9 Å². The zero-order valence-corrected chi connectivity index (χ0v) is 12.4. The number of hydrogen-bond acceptors (Lipinski definition) is 6. The predicted octanol–water partition coefficient (Wildman–Crippen LogP) is 1.14. The van der Waals surface area contributed by atoms with Crippen LogP contribution >= 0.6 is 0 Å². The first-order valence-corrected chi connectivity index (χ1v) is 7.41. The van der Waals surface area contributed by atoms with Crippen molar-refractivity contribution in [3.8, 4) is 11.5 Å². The predicted molar refractivity (Wildman–Crippen MR) is 78.2 cm³/mol. The summed E-state index contributed by atoms with van der Waals surface area (Å²) >= 11 is 0. The minimum atomic E-state index is -0.953. The van der Waals surface area contributed by atoms with Crippen LogP contribution in [0.25, 0.3) is 11.5 Å². The van der Waals surface area contributed by atoms with Gasteiger partial charge in [-0.15, -0.1) is 0 Å². The Balaban J connectivity index is 1.60. The monoisotopic (exact) mass is 316 g/mol. The molecule has 120 valence electrons. The smallest absolute Gasteiger partial charge is 0.326 e. The van der Waals surface area contributed by atoms with E-state index in [0.717, 1.165) is 0 Å². The zero-order valence-electron chi connectivity index (χ0n) is 12.4. The van der Waals surface area contributed by atoms with Crippen molar-refractivity contribution in [1.82, 2.24) is 20.0 Å². The molecule has 0 aliphatic carbocycles. The van der Waals surface area contributed by atoms with Crippen molar-refractivity contribution in [2.45, 2.75) is 31.7 Å². The number of likely N-dealkylation sites (tertiary alicyclic amines) is 1. The van der Waals surface area contributed by atoms with E-state index >= 15 is 0 Å². The first-order valence-electron chi connectivity index (χ1n) is 7.41. The lowest BCUT2D eigenvalue weighted by Gasteiger charge is -2.20. The lowest BCUT2D eigenvalue weighted by Crippen LogP contribution is -2.40. The van der Waals surface area contributed by atoms with Gasteiger partial charge in [-0.05, 0) is 25.0 Å². The fourth-order valence-corrected chi connectivity index (χ4v) is 2.63. The standard InChI is InChI=1S/C15H16N4O4/c20-13(19-9-3-5-11(19)15(21)22)7-6-12-17-14(18-23-12)10-4-1-2-8-16-10/h1-2,4,8,11H,3,5-7,9H2,(H,21,22)/t11-/m0/s1. The molecule has 23 heavy (non-hydrogen) atoms. The molecule has 8 heteroatoms. The molecule has 1 aliphatic heterocycles. The molecule has 1 fully saturated rings. The number of nitrogens with zero attached hydrogens (tertiary/aromatic N) is 4. The molecular weight excluding hydrogens is 300 g/mol. The van der Waals surface area contributed by atoms with Gasteiger partial charge < -0.3 is 14.5 Å². The molecule has 1 atom stereocenters. The number of carboxylic acids is 1. The molecule has 0 saturated carbocycles. The minimum absolute atomic E-state index is 0.146. The van der Waals surface area contributed by atoms with E-state index in [-0.39, 0.29) is 18.7 Å². The zero-order chi connectivity index (χ0) is 16.2. The van der Waals surface area contributed by atoms with Crippen LogP contribution in [0.15, 0.2) is 28.9 Å². The molecule has 0 unspecified atom stereocenters. The van der Waals surface area contributed by atoms with Crippen molar-refractivity contribution in [2.75, 3.05) is 6.54 Å². The van der Waals surface area contributed by atoms with Gasteiger partial charge in [0.1, 0.15) is 11.7 Å². The Morgan fingerprint density at radius 1 is 1.39 bits per heavy atom. The molecule has 1 amide bonds. The first kappa shape index (κ1) is 15.1. The first-order chi connectivity index (χ1) is 11.1. The van der Waals surface area contributed by atoms with Crippen molar-refractivity contribution in [1.29, 1.82) is 0 Å². The van der Waals surface area contributed by atoms with Gasteiger partial charge in [0.2, 0.25) is 17.6 Å². The molecule has 3 heterocycles. The summed E-state index contributed by atoms with van der Waals surface area (Å²) in [5.74, 6) is -0.443. The van der Waals surface area contributed by atoms with Gasteiger partial charge in [-0.1, -0.05) is 11.2 Å². The number of carbonyl (C=O) groups is 2. The highest BCUT2D eigenvalue weighted by Crippen LogP contribution is 2.19. The lowest BCUT2D eigenvalue weighted by atomic mass is 10.2. The van der Waals surface area contributed by atoms with Crippen LogP contribution in [0, 0.1) is 0 Å². The molecule has 2 aromatic heterocycles. The molecule has 0 aromatic carbocycles. The Kier molecular flexibility index (Phi) is 4.31. The van der Waals surface area contributed by atoms with Crippen LogP contribution < -0.4 is 0 Å². The van der Waals surface area contributed by atoms with E-state index < -0.39 is 12.0 Å². The molecular formula is C15H16N4O4. The second kappa shape index (κ2) is 6.55. The van der Waals surface area contributed by atoms with Crippen LogP contribution in [0.3, 0.4) is 0 Å². The number of rotatable bonds is 5. The molecule has 0 radical (unpaired) electrons. The number of aromatic nitrogens is 3. The van der Waals surface area contributed by atoms with E-state index in [1.54, 1.807) is 18.3 Å². The molecule has 2 aromatic rings. The van der Waals surface area contributed by atoms with E-state index in [9.17, 15) is 9.59 Å². The van der Waals surface area contributed by atoms with Gasteiger partial charge in [0.05, 0.1) is 0 Å². The van der Waals surface area contributed by atoms with E-state index in [1.165, 1.54) is 4.90 Å². The summed E-state index contributed by atoms with van der Waals surface area (Å²) in [6.07, 6.45) is 3.28. The summed E-state index contributed by atoms with van der Waals surface area (Å²) < 4.78 is 5.12. The minimum Gasteiger partial charge on any atom is -0.480 e. The van der Waals surface area contributed by atoms with E-state index in [2.05, 4.69) is 15.1 Å². The SMILES string of the molecule is O=C(O)[C@@H]1CCCN1C(=O)CCc1nc(-c2ccccn2)no1. The van der Waals surface area contributed by atoms with E-state index in [0.29, 0.717) is 36.8 Å². The van der Waals surface area contributed by atoms with Crippen LogP contribution in [0.1, 0.15) is 25.2 Å². The summed E-state index contributed by atoms with van der Waals surface area (Å²) in [6.45, 7) is 0.485. The van der Waals surface area contributed by atoms with Crippen molar-refractivity contribution in [2.24, 2.45) is 0 Å². The number of hydrogen-bond donors (Lipinski definition) is 1. The van der Waals surface area contributed by atoms with Gasteiger partial charge in [-0.25, -0.2) is 4.79 Å². The number of carbonyl (C=O) groups excluding carboxylic acids is 1. The number of pyridine rings is 1. The van der Waals surface area contributed by atoms with Gasteiger partial charge >= 0.3 is 5.97 Å². The van der Waals surface area contributed by atoms with Gasteiger partial charge in [0.25, 0.3) is 0 Å². The fourth-order valence-electron chi connectivity index (χ4n) is 2.63. The van der Waals surface area contributed by atoms with Crippen LogP contribution in [-0.2, 0) is 16.0 Å². The van der Waals surface area contributed by atoms with Gasteiger partial charge in [-0.3, -0.25) is 9.78 Å². The molecule has 1 N–H and O–H groups in total. The maximum atomic E-state index is 12.2. The molecule has 0 spiro atoms. The number of aliphatic carboxylic acids is 1. The summed E-state index contributed by atoms with van der Waals surface area (Å²) in [7, 11) is 0. The van der Waals surface area contributed by atoms with Crippen LogP contribution in [0.5, 0.6) is 0 Å². The Morgan fingerprint density at radius 3 is 3.00 bits per heavy atom. The van der Waals surface area contributed by atoms with Crippen LogP contribution in [0.4, 0.5) is 0 Å². The summed E-state index contributed by atoms with van der Waals surface area (Å²) in [4.78, 5) is 33.0. The van der Waals surface area contributed by atoms with Crippen molar-refractivity contribution < 1.29 is 19.2 Å². The van der Waals surface area contributed by atoms with Crippen molar-refractivity contribution in [3.63, 3.8) is 0 Å². The number of amides is 1. The topological polar surface area (TPSA) is 109 Å². The lowest BCUT2D eigenvalue weighted by molar-refractivity contribution is -0.148. The second-order valence-corrected chi connectivity index (χ2v) is 5.31. The highest BCUT2D eigenvalue weighted by molar-refractivity contribution is 5.84. The van der Waals surface area contributed by atoms with Gasteiger partial charge in [0, 0.05) is 25.6 Å². The fraction of sp³-hybridized carbons (Fsp3) is 0.400. The van der Waals surface area contributed by atoms with Crippen LogP contribution in [0.2, 0.25) is 0 Å². The van der Waals surface area contributed by atoms with Crippen LogP contribution in [-0.4, -0.2) is 49.6 Å². The quantitative estimate of drug-likeness (QED) is 0.880. The highest BCUT2D eigenvalue weighted by Gasteiger charge is 2.33. The van der Waals surface area contributed by atoms with E-state index in [4.69, 9.17) is 9.63 Å². The normalized spacial score (nSPS) is 17.4. The average Bonchev–Trinajstić information content (AvgIpc) is 3.23. The highest BCUT2D eigenvalue weighted by atomic mass is 16.5. The molecule has 0 bridgehead atoms. The Bertz CT molecular complexity index is 701. The maximum Gasteiger partial charge on any atom is 0.326 e. The maximum absolute atomic E-state index is 12.2. The van der Waals surface area contributed by atoms with E-state index in [1.807, 2.05) is 6.07 Å². The second-order valence-electron chi connectivity index (χ2n) is 5.31. The average molecular weight is 316 g/mol. The molecule has 8 nitrogen and oxygen atoms in total. The van der Waals surface area contributed by atoms with Gasteiger partial charge in [0.15, 0.2) is 0 Å². The third-order valence-corrected chi connectivity index (χ3v) is 3.77. The largest absolute Gasteiger partial charge is 0.480 e. The molecule has 1 aliphatic rings. The third-order valence-electron chi connectivity index (χ3n) is 3.77. The summed E-state index contributed by atoms with van der Waals surface area (Å²) in [6, 6.07) is 4.66. The Labute approximate surface area is 132 Å². The molecule has 1 saturated heterocycles. The Morgan fingerprint density at radius 2 is 2.26 bits per heavy atom. The summed E-state index contributed by atoms with van der Waals surface area (Å²) in [5, 5.41) is 12.9. The molecule has 3 rings (SSSR count). The third kappa shape index (κ3) is 3.36. The Hall–Kier alpha value is -2.77. The van der Waals surface area contributed by atoms with Crippen molar-refractivity contribution in [3.05, 3.63) is 30.3 Å². The van der Waals surface area contributed by atoms with Gasteiger partial charge in [-0.2, -0.15) is 4.98 Å². The summed E-state index contributed by atoms with van der Waals surface area (Å²) in [5.41, 5.74) is 0.597. The number of carboxylic acid groups (broad SMARTS) is 1.